The van der Waals surface area contributed by atoms with Gasteiger partial charge in [0.05, 0.1) is 10.4 Å². The molecule has 2 aromatic rings. The second-order valence-corrected chi connectivity index (χ2v) is 6.76. The van der Waals surface area contributed by atoms with Gasteiger partial charge < -0.3 is 5.32 Å². The molecule has 0 saturated heterocycles. The van der Waals surface area contributed by atoms with Gasteiger partial charge in [-0.1, -0.05) is 12.1 Å². The fraction of sp³-hybridized carbons (Fsp3) is 0.167. The van der Waals surface area contributed by atoms with E-state index in [4.69, 9.17) is 11.6 Å². The molecular formula is C18H15ClN2O2. The molecule has 0 bridgehead atoms. The number of anilines is 1. The maximum Gasteiger partial charge on any atom is 0.256 e. The average molecular weight is 327 g/mol. The SMILES string of the molecule is CC(C)(Cl)c1cccc2c1/C(=C\C(=O)c1cccnc1)C(=O)N2. The van der Waals surface area contributed by atoms with Crippen LogP contribution in [0.3, 0.4) is 0 Å². The summed E-state index contributed by atoms with van der Waals surface area (Å²) < 4.78 is 0. The molecule has 116 valence electrons. The van der Waals surface area contributed by atoms with Gasteiger partial charge in [0.25, 0.3) is 5.91 Å². The number of carbonyl (C=O) groups excluding carboxylic acids is 2. The van der Waals surface area contributed by atoms with Crippen molar-refractivity contribution in [2.24, 2.45) is 0 Å². The molecule has 0 spiro atoms. The fourth-order valence-corrected chi connectivity index (χ4v) is 2.76. The van der Waals surface area contributed by atoms with Crippen LogP contribution in [0.2, 0.25) is 0 Å². The van der Waals surface area contributed by atoms with Crippen molar-refractivity contribution in [3.8, 4) is 0 Å². The third kappa shape index (κ3) is 2.90. The van der Waals surface area contributed by atoms with Gasteiger partial charge >= 0.3 is 0 Å². The first-order valence-electron chi connectivity index (χ1n) is 7.18. The van der Waals surface area contributed by atoms with Gasteiger partial charge in [-0.15, -0.1) is 11.6 Å². The van der Waals surface area contributed by atoms with Crippen molar-refractivity contribution >= 4 is 34.6 Å². The topological polar surface area (TPSA) is 59.1 Å². The predicted octanol–water partition coefficient (Wildman–Crippen LogP) is 3.77. The quantitative estimate of drug-likeness (QED) is 0.530. The number of benzene rings is 1. The van der Waals surface area contributed by atoms with Gasteiger partial charge in [-0.25, -0.2) is 0 Å². The Morgan fingerprint density at radius 3 is 2.70 bits per heavy atom. The molecule has 0 radical (unpaired) electrons. The number of carbonyl (C=O) groups is 2. The Kier molecular flexibility index (Phi) is 3.78. The Labute approximate surface area is 139 Å². The Morgan fingerprint density at radius 1 is 1.26 bits per heavy atom. The summed E-state index contributed by atoms with van der Waals surface area (Å²) in [5.74, 6) is -0.566. The highest BCUT2D eigenvalue weighted by Crippen LogP contribution is 2.41. The van der Waals surface area contributed by atoms with E-state index in [0.717, 1.165) is 5.56 Å². The van der Waals surface area contributed by atoms with Gasteiger partial charge in [0.2, 0.25) is 0 Å². The number of nitrogens with zero attached hydrogens (tertiary/aromatic N) is 1. The fourth-order valence-electron chi connectivity index (χ4n) is 2.61. The zero-order valence-corrected chi connectivity index (χ0v) is 13.5. The third-order valence-electron chi connectivity index (χ3n) is 3.69. The van der Waals surface area contributed by atoms with Gasteiger partial charge in [0, 0.05) is 29.2 Å². The van der Waals surface area contributed by atoms with E-state index >= 15 is 0 Å². The van der Waals surface area contributed by atoms with Crippen molar-refractivity contribution < 1.29 is 9.59 Å². The van der Waals surface area contributed by atoms with Gasteiger partial charge in [0.15, 0.2) is 5.78 Å². The number of allylic oxidation sites excluding steroid dienone is 1. The lowest BCUT2D eigenvalue weighted by atomic mass is 9.91. The maximum atomic E-state index is 12.4. The molecule has 3 rings (SSSR count). The van der Waals surface area contributed by atoms with Crippen LogP contribution >= 0.6 is 11.6 Å². The van der Waals surface area contributed by atoms with E-state index in [1.165, 1.54) is 12.3 Å². The van der Waals surface area contributed by atoms with E-state index in [-0.39, 0.29) is 11.7 Å². The zero-order valence-electron chi connectivity index (χ0n) is 12.8. The number of hydrogen-bond acceptors (Lipinski definition) is 3. The number of nitrogens with one attached hydrogen (secondary N) is 1. The number of amides is 1. The molecule has 1 aromatic heterocycles. The monoisotopic (exact) mass is 326 g/mol. The predicted molar refractivity (Wildman–Crippen MR) is 90.5 cm³/mol. The lowest BCUT2D eigenvalue weighted by Crippen LogP contribution is -2.11. The first-order chi connectivity index (χ1) is 10.9. The van der Waals surface area contributed by atoms with Crippen LogP contribution in [-0.4, -0.2) is 16.7 Å². The van der Waals surface area contributed by atoms with E-state index in [9.17, 15) is 9.59 Å². The first-order valence-corrected chi connectivity index (χ1v) is 7.56. The Hall–Kier alpha value is -2.46. The van der Waals surface area contributed by atoms with Crippen molar-refractivity contribution in [2.45, 2.75) is 18.7 Å². The molecule has 23 heavy (non-hydrogen) atoms. The van der Waals surface area contributed by atoms with E-state index in [1.807, 2.05) is 26.0 Å². The molecule has 0 aliphatic carbocycles. The number of ketones is 1. The molecule has 2 heterocycles. The summed E-state index contributed by atoms with van der Waals surface area (Å²) in [4.78, 5) is 27.9. The third-order valence-corrected chi connectivity index (χ3v) is 3.89. The van der Waals surface area contributed by atoms with Gasteiger partial charge in [-0.3, -0.25) is 14.6 Å². The molecule has 1 aliphatic rings. The van der Waals surface area contributed by atoms with Crippen molar-refractivity contribution in [3.05, 3.63) is 65.5 Å². The second-order valence-electron chi connectivity index (χ2n) is 5.82. The molecule has 0 atom stereocenters. The second kappa shape index (κ2) is 5.63. The van der Waals surface area contributed by atoms with Crippen molar-refractivity contribution in [3.63, 3.8) is 0 Å². The minimum Gasteiger partial charge on any atom is -0.321 e. The first kappa shape index (κ1) is 15.4. The zero-order chi connectivity index (χ0) is 16.6. The van der Waals surface area contributed by atoms with Crippen molar-refractivity contribution in [2.75, 3.05) is 5.32 Å². The Morgan fingerprint density at radius 2 is 2.04 bits per heavy atom. The van der Waals surface area contributed by atoms with Crippen LogP contribution in [0.4, 0.5) is 5.69 Å². The molecule has 4 nitrogen and oxygen atoms in total. The van der Waals surface area contributed by atoms with Crippen LogP contribution in [0.1, 0.15) is 35.3 Å². The summed E-state index contributed by atoms with van der Waals surface area (Å²) in [6.45, 7) is 3.71. The average Bonchev–Trinajstić information content (AvgIpc) is 2.83. The van der Waals surface area contributed by atoms with Crippen LogP contribution in [0.25, 0.3) is 5.57 Å². The number of pyridine rings is 1. The highest BCUT2D eigenvalue weighted by Gasteiger charge is 2.32. The summed E-state index contributed by atoms with van der Waals surface area (Å²) in [6.07, 6.45) is 4.42. The van der Waals surface area contributed by atoms with Crippen LogP contribution in [-0.2, 0) is 9.67 Å². The van der Waals surface area contributed by atoms with Gasteiger partial charge in [-0.05, 0) is 43.7 Å². The minimum absolute atomic E-state index is 0.265. The van der Waals surface area contributed by atoms with E-state index in [1.54, 1.807) is 24.4 Å². The summed E-state index contributed by atoms with van der Waals surface area (Å²) in [5.41, 5.74) is 2.93. The van der Waals surface area contributed by atoms with E-state index < -0.39 is 4.87 Å². The summed E-state index contributed by atoms with van der Waals surface area (Å²) >= 11 is 6.45. The Balaban J connectivity index is 2.12. The molecule has 1 aromatic carbocycles. The lowest BCUT2D eigenvalue weighted by Gasteiger charge is -2.20. The van der Waals surface area contributed by atoms with Crippen LogP contribution in [0.5, 0.6) is 0 Å². The van der Waals surface area contributed by atoms with Crippen LogP contribution in [0, 0.1) is 0 Å². The van der Waals surface area contributed by atoms with E-state index in [2.05, 4.69) is 10.3 Å². The highest BCUT2D eigenvalue weighted by atomic mass is 35.5. The molecule has 1 N–H and O–H groups in total. The largest absolute Gasteiger partial charge is 0.321 e. The molecule has 0 saturated carbocycles. The summed E-state index contributed by atoms with van der Waals surface area (Å²) in [5, 5.41) is 2.78. The van der Waals surface area contributed by atoms with Crippen LogP contribution < -0.4 is 5.32 Å². The minimum atomic E-state index is -0.659. The van der Waals surface area contributed by atoms with Crippen LogP contribution in [0.15, 0.2) is 48.8 Å². The van der Waals surface area contributed by atoms with E-state index in [0.29, 0.717) is 22.4 Å². The normalized spacial score (nSPS) is 15.4. The number of halogens is 1. The number of rotatable bonds is 3. The van der Waals surface area contributed by atoms with Gasteiger partial charge in [0.1, 0.15) is 0 Å². The smallest absolute Gasteiger partial charge is 0.256 e. The van der Waals surface area contributed by atoms with Gasteiger partial charge in [-0.2, -0.15) is 0 Å². The molecule has 1 aliphatic heterocycles. The number of hydrogen-bond donors (Lipinski definition) is 1. The molecule has 5 heteroatoms. The van der Waals surface area contributed by atoms with Crippen molar-refractivity contribution in [1.29, 1.82) is 0 Å². The maximum absolute atomic E-state index is 12.4. The highest BCUT2D eigenvalue weighted by molar-refractivity contribution is 6.36. The standard InChI is InChI=1S/C18H15ClN2O2/c1-18(2,19)13-6-3-7-14-16(13)12(17(23)21-14)9-15(22)11-5-4-8-20-10-11/h3-10H,1-2H3,(H,21,23)/b12-9+. The van der Waals surface area contributed by atoms with Crippen molar-refractivity contribution in [1.82, 2.24) is 4.98 Å². The lowest BCUT2D eigenvalue weighted by molar-refractivity contribution is -0.110. The Bertz CT molecular complexity index is 821. The molecule has 0 fully saturated rings. The number of fused-ring (bicyclic) bond motifs is 1. The number of aromatic nitrogens is 1. The molecule has 0 unspecified atom stereocenters. The molecular weight excluding hydrogens is 312 g/mol. The summed E-state index contributed by atoms with van der Waals surface area (Å²) in [7, 11) is 0. The summed E-state index contributed by atoms with van der Waals surface area (Å²) in [6, 6.07) is 8.85. The number of alkyl halides is 1. The molecule has 1 amide bonds.